The quantitative estimate of drug-likeness (QED) is 0.501. The molecule has 0 saturated heterocycles. The van der Waals surface area contributed by atoms with Crippen LogP contribution in [-0.2, 0) is 14.3 Å². The summed E-state index contributed by atoms with van der Waals surface area (Å²) in [6, 6.07) is 0. The van der Waals surface area contributed by atoms with Gasteiger partial charge in [-0.15, -0.1) is 0 Å². The van der Waals surface area contributed by atoms with Crippen molar-refractivity contribution in [3.05, 3.63) is 0 Å². The summed E-state index contributed by atoms with van der Waals surface area (Å²) in [5, 5.41) is 0. The predicted molar refractivity (Wildman–Crippen MR) is 30.7 cm³/mol. The number of carbonyl (C=O) groups is 2. The first-order chi connectivity index (χ1) is 4.16. The highest BCUT2D eigenvalue weighted by Crippen LogP contribution is 1.80. The zero-order valence-electron chi connectivity index (χ0n) is 5.22. The minimum Gasteiger partial charge on any atom is -0.377 e. The van der Waals surface area contributed by atoms with Crippen LogP contribution in [0.3, 0.4) is 0 Å². The van der Waals surface area contributed by atoms with E-state index in [4.69, 9.17) is 5.73 Å². The first-order valence-electron chi connectivity index (χ1n) is 2.45. The zero-order valence-corrected chi connectivity index (χ0v) is 5.22. The van der Waals surface area contributed by atoms with Crippen molar-refractivity contribution in [3.8, 4) is 0 Å². The van der Waals surface area contributed by atoms with Crippen molar-refractivity contribution < 1.29 is 14.3 Å². The lowest BCUT2D eigenvalue weighted by atomic mass is 10.3. The summed E-state index contributed by atoms with van der Waals surface area (Å²) < 4.78 is 4.45. The van der Waals surface area contributed by atoms with Crippen LogP contribution in [0.25, 0.3) is 0 Å². The largest absolute Gasteiger partial charge is 0.377 e. The fraction of sp³-hybridized carbons (Fsp3) is 0.600. The predicted octanol–water partition coefficient (Wildman–Crippen LogP) is -0.923. The minimum atomic E-state index is -0.614. The van der Waals surface area contributed by atoms with Gasteiger partial charge in [-0.2, -0.15) is 0 Å². The number of hydrogen-bond acceptors (Lipinski definition) is 3. The molecule has 0 radical (unpaired) electrons. The van der Waals surface area contributed by atoms with Gasteiger partial charge < -0.3 is 10.5 Å². The molecule has 0 heterocycles. The summed E-state index contributed by atoms with van der Waals surface area (Å²) in [4.78, 5) is 20.5. The third-order valence-electron chi connectivity index (χ3n) is 0.677. The first-order valence-corrected chi connectivity index (χ1v) is 2.45. The molecular formula is C5H9NO3. The second kappa shape index (κ2) is 4.03. The van der Waals surface area contributed by atoms with Crippen molar-refractivity contribution in [2.24, 2.45) is 5.73 Å². The maximum atomic E-state index is 10.4. The summed E-state index contributed by atoms with van der Waals surface area (Å²) >= 11 is 0. The first kappa shape index (κ1) is 8.10. The normalized spacial score (nSPS) is 9.00. The highest BCUT2D eigenvalue weighted by molar-refractivity contribution is 5.97. The lowest BCUT2D eigenvalue weighted by Gasteiger charge is -1.92. The summed E-state index contributed by atoms with van der Waals surface area (Å²) in [6.45, 7) is -0.0388. The number of hydrogen-bond donors (Lipinski definition) is 1. The molecule has 0 aromatic heterocycles. The molecule has 0 bridgehead atoms. The molecule has 0 atom stereocenters. The van der Waals surface area contributed by atoms with Crippen LogP contribution >= 0.6 is 0 Å². The van der Waals surface area contributed by atoms with Crippen LogP contribution in [0.15, 0.2) is 0 Å². The molecule has 4 heteroatoms. The van der Waals surface area contributed by atoms with Gasteiger partial charge in [0.2, 0.25) is 5.91 Å². The third kappa shape index (κ3) is 4.96. The average molecular weight is 131 g/mol. The number of Topliss-reactive ketones (excluding diaryl/α,β-unsaturated/α-hetero) is 1. The lowest BCUT2D eigenvalue weighted by molar-refractivity contribution is -0.128. The van der Waals surface area contributed by atoms with E-state index in [1.54, 1.807) is 0 Å². The van der Waals surface area contributed by atoms with Gasteiger partial charge in [0.15, 0.2) is 5.78 Å². The lowest BCUT2D eigenvalue weighted by Crippen LogP contribution is -2.18. The highest BCUT2D eigenvalue weighted by atomic mass is 16.5. The van der Waals surface area contributed by atoms with Gasteiger partial charge in [0.25, 0.3) is 0 Å². The Morgan fingerprint density at radius 2 is 2.11 bits per heavy atom. The molecule has 0 aliphatic heterocycles. The molecule has 0 aliphatic carbocycles. The number of amides is 1. The Kier molecular flexibility index (Phi) is 3.62. The van der Waals surface area contributed by atoms with Crippen LogP contribution in [0, 0.1) is 0 Å². The number of ketones is 1. The van der Waals surface area contributed by atoms with Gasteiger partial charge in [0.05, 0.1) is 6.42 Å². The fourth-order valence-electron chi connectivity index (χ4n) is 0.406. The minimum absolute atomic E-state index is 0.0388. The Morgan fingerprint density at radius 3 is 2.44 bits per heavy atom. The van der Waals surface area contributed by atoms with Gasteiger partial charge in [0.1, 0.15) is 6.61 Å². The summed E-state index contributed by atoms with van der Waals surface area (Å²) in [6.07, 6.45) is -0.228. The van der Waals surface area contributed by atoms with Crippen molar-refractivity contribution in [1.29, 1.82) is 0 Å². The Bertz CT molecular complexity index is 121. The molecule has 0 fully saturated rings. The number of primary amides is 1. The van der Waals surface area contributed by atoms with Crippen molar-refractivity contribution in [1.82, 2.24) is 0 Å². The van der Waals surface area contributed by atoms with E-state index in [2.05, 4.69) is 4.74 Å². The molecule has 2 N–H and O–H groups in total. The molecule has 0 unspecified atom stereocenters. The molecule has 4 nitrogen and oxygen atoms in total. The second-order valence-electron chi connectivity index (χ2n) is 1.61. The number of rotatable bonds is 4. The van der Waals surface area contributed by atoms with E-state index in [0.717, 1.165) is 0 Å². The van der Waals surface area contributed by atoms with E-state index in [-0.39, 0.29) is 18.8 Å². The summed E-state index contributed by atoms with van der Waals surface area (Å²) in [5.74, 6) is -0.901. The number of nitrogens with two attached hydrogens (primary N) is 1. The maximum absolute atomic E-state index is 10.4. The monoisotopic (exact) mass is 131 g/mol. The topological polar surface area (TPSA) is 69.4 Å². The SMILES string of the molecule is COCC(=O)CC(N)=O. The molecule has 9 heavy (non-hydrogen) atoms. The van der Waals surface area contributed by atoms with Crippen LogP contribution < -0.4 is 5.73 Å². The van der Waals surface area contributed by atoms with E-state index in [1.807, 2.05) is 0 Å². The van der Waals surface area contributed by atoms with Crippen molar-refractivity contribution in [2.45, 2.75) is 6.42 Å². The molecule has 0 rings (SSSR count). The highest BCUT2D eigenvalue weighted by Gasteiger charge is 2.03. The second-order valence-corrected chi connectivity index (χ2v) is 1.61. The summed E-state index contributed by atoms with van der Waals surface area (Å²) in [7, 11) is 1.39. The zero-order chi connectivity index (χ0) is 7.28. The average Bonchev–Trinajstić information content (AvgIpc) is 1.63. The molecule has 0 spiro atoms. The Balaban J connectivity index is 3.39. The van der Waals surface area contributed by atoms with E-state index >= 15 is 0 Å². The van der Waals surface area contributed by atoms with E-state index in [1.165, 1.54) is 7.11 Å². The summed E-state index contributed by atoms with van der Waals surface area (Å²) in [5.41, 5.74) is 4.71. The smallest absolute Gasteiger partial charge is 0.224 e. The van der Waals surface area contributed by atoms with Crippen LogP contribution in [0.4, 0.5) is 0 Å². The molecule has 0 aromatic rings. The standard InChI is InChI=1S/C5H9NO3/c1-9-3-4(7)2-5(6)8/h2-3H2,1H3,(H2,6,8). The Labute approximate surface area is 53.0 Å². The van der Waals surface area contributed by atoms with Gasteiger partial charge in [-0.25, -0.2) is 0 Å². The van der Waals surface area contributed by atoms with Gasteiger partial charge in [-0.05, 0) is 0 Å². The van der Waals surface area contributed by atoms with E-state index in [0.29, 0.717) is 0 Å². The Hall–Kier alpha value is -0.900. The maximum Gasteiger partial charge on any atom is 0.224 e. The molecule has 0 aromatic carbocycles. The van der Waals surface area contributed by atoms with Gasteiger partial charge in [-0.3, -0.25) is 9.59 Å². The van der Waals surface area contributed by atoms with Crippen molar-refractivity contribution >= 4 is 11.7 Å². The van der Waals surface area contributed by atoms with Crippen LogP contribution in [0.5, 0.6) is 0 Å². The molecular weight excluding hydrogens is 122 g/mol. The van der Waals surface area contributed by atoms with Crippen LogP contribution in [-0.4, -0.2) is 25.4 Å². The van der Waals surface area contributed by atoms with Crippen molar-refractivity contribution in [3.63, 3.8) is 0 Å². The van der Waals surface area contributed by atoms with Gasteiger partial charge in [0, 0.05) is 7.11 Å². The van der Waals surface area contributed by atoms with Crippen molar-refractivity contribution in [2.75, 3.05) is 13.7 Å². The van der Waals surface area contributed by atoms with Crippen LogP contribution in [0.1, 0.15) is 6.42 Å². The molecule has 0 saturated carbocycles. The Morgan fingerprint density at radius 1 is 1.56 bits per heavy atom. The number of ether oxygens (including phenoxy) is 1. The van der Waals surface area contributed by atoms with Crippen LogP contribution in [0.2, 0.25) is 0 Å². The number of carbonyl (C=O) groups excluding carboxylic acids is 2. The fourth-order valence-corrected chi connectivity index (χ4v) is 0.406. The van der Waals surface area contributed by atoms with Gasteiger partial charge >= 0.3 is 0 Å². The molecule has 0 aliphatic rings. The van der Waals surface area contributed by atoms with Gasteiger partial charge in [-0.1, -0.05) is 0 Å². The number of methoxy groups -OCH3 is 1. The van der Waals surface area contributed by atoms with E-state index in [9.17, 15) is 9.59 Å². The van der Waals surface area contributed by atoms with E-state index < -0.39 is 5.91 Å². The molecule has 1 amide bonds. The third-order valence-corrected chi connectivity index (χ3v) is 0.677. The molecule has 52 valence electrons.